The summed E-state index contributed by atoms with van der Waals surface area (Å²) < 4.78 is 17.5. The number of unbranched alkanes of at least 4 members (excludes halogenated alkanes) is 3. The first-order chi connectivity index (χ1) is 16.4. The molecule has 0 saturated carbocycles. The van der Waals surface area contributed by atoms with Crippen LogP contribution < -0.4 is 4.74 Å². The third-order valence-corrected chi connectivity index (χ3v) is 5.62. The Balaban J connectivity index is 1.51. The van der Waals surface area contributed by atoms with E-state index >= 15 is 0 Å². The topological polar surface area (TPSA) is 156 Å². The van der Waals surface area contributed by atoms with Gasteiger partial charge in [0.1, 0.15) is 35.9 Å². The largest absolute Gasteiger partial charge is 0.494 e. The van der Waals surface area contributed by atoms with Crippen molar-refractivity contribution in [1.82, 2.24) is 15.0 Å². The smallest absolute Gasteiger partial charge is 0.305 e. The Kier molecular flexibility index (Phi) is 9.78. The molecule has 0 bridgehead atoms. The predicted molar refractivity (Wildman–Crippen MR) is 120 cm³/mol. The Bertz CT molecular complexity index is 906. The van der Waals surface area contributed by atoms with E-state index in [1.807, 2.05) is 24.3 Å². The third kappa shape index (κ3) is 6.73. The van der Waals surface area contributed by atoms with Crippen molar-refractivity contribution in [2.45, 2.75) is 69.7 Å². The zero-order valence-corrected chi connectivity index (χ0v) is 19.2. The Morgan fingerprint density at radius 2 is 1.91 bits per heavy atom. The molecule has 1 aliphatic rings. The lowest BCUT2D eigenvalue weighted by atomic mass is 9.98. The minimum Gasteiger partial charge on any atom is -0.494 e. The molecule has 0 amide bonds. The van der Waals surface area contributed by atoms with E-state index in [0.717, 1.165) is 31.2 Å². The van der Waals surface area contributed by atoms with Crippen molar-refractivity contribution in [1.29, 1.82) is 0 Å². The highest BCUT2D eigenvalue weighted by Gasteiger charge is 2.44. The van der Waals surface area contributed by atoms with E-state index in [-0.39, 0.29) is 5.97 Å². The zero-order valence-electron chi connectivity index (χ0n) is 19.2. The Morgan fingerprint density at radius 3 is 2.68 bits per heavy atom. The molecule has 1 aromatic carbocycles. The number of nitrogens with zero attached hydrogens (tertiary/aromatic N) is 3. The molecule has 34 heavy (non-hydrogen) atoms. The maximum atomic E-state index is 11.3. The van der Waals surface area contributed by atoms with E-state index in [9.17, 15) is 25.2 Å². The van der Waals surface area contributed by atoms with Gasteiger partial charge in [-0.15, -0.1) is 5.10 Å². The second-order valence-corrected chi connectivity index (χ2v) is 8.15. The lowest BCUT2D eigenvalue weighted by molar-refractivity contribution is -0.254. The standard InChI is InChI=1S/C23H33N3O8/c1-2-32-19(28)10-5-3-4-6-11-33-16-9-7-8-15(12-16)17-13-26(25-24-17)23-22(31)21(30)20(29)18(14-27)34-23/h7-9,12-13,18,20-23,27,29-31H,2-6,10-11,14H2,1H3/t18-,20-,21+,22+,23+/m1/s1. The van der Waals surface area contributed by atoms with Crippen molar-refractivity contribution < 1.29 is 39.4 Å². The molecule has 3 rings (SSSR count). The van der Waals surface area contributed by atoms with Crippen LogP contribution in [0, 0.1) is 0 Å². The van der Waals surface area contributed by atoms with Crippen LogP contribution in [0.2, 0.25) is 0 Å². The van der Waals surface area contributed by atoms with Crippen LogP contribution in [0.4, 0.5) is 0 Å². The average molecular weight is 480 g/mol. The molecular weight excluding hydrogens is 446 g/mol. The van der Waals surface area contributed by atoms with Crippen LogP contribution in [-0.4, -0.2) is 85.6 Å². The van der Waals surface area contributed by atoms with Crippen LogP contribution in [-0.2, 0) is 14.3 Å². The second-order valence-electron chi connectivity index (χ2n) is 8.15. The van der Waals surface area contributed by atoms with Gasteiger partial charge in [0, 0.05) is 12.0 Å². The Labute approximate surface area is 197 Å². The number of hydrogen-bond acceptors (Lipinski definition) is 10. The summed E-state index contributed by atoms with van der Waals surface area (Å²) >= 11 is 0. The van der Waals surface area contributed by atoms with Crippen molar-refractivity contribution in [2.24, 2.45) is 0 Å². The fraction of sp³-hybridized carbons (Fsp3) is 0.609. The molecular formula is C23H33N3O8. The van der Waals surface area contributed by atoms with E-state index in [1.165, 1.54) is 4.68 Å². The summed E-state index contributed by atoms with van der Waals surface area (Å²) in [5.41, 5.74) is 1.24. The van der Waals surface area contributed by atoms with E-state index in [1.54, 1.807) is 13.1 Å². The number of hydrogen-bond donors (Lipinski definition) is 4. The number of carbonyl (C=O) groups is 1. The molecule has 1 fully saturated rings. The number of aromatic nitrogens is 3. The third-order valence-electron chi connectivity index (χ3n) is 5.62. The Morgan fingerprint density at radius 1 is 1.12 bits per heavy atom. The quantitative estimate of drug-likeness (QED) is 0.254. The maximum Gasteiger partial charge on any atom is 0.305 e. The van der Waals surface area contributed by atoms with Gasteiger partial charge in [0.2, 0.25) is 0 Å². The van der Waals surface area contributed by atoms with Crippen molar-refractivity contribution >= 4 is 5.97 Å². The maximum absolute atomic E-state index is 11.3. The first kappa shape index (κ1) is 26.0. The highest BCUT2D eigenvalue weighted by Crippen LogP contribution is 2.29. The minimum absolute atomic E-state index is 0.154. The predicted octanol–water partition coefficient (Wildman–Crippen LogP) is 0.810. The average Bonchev–Trinajstić information content (AvgIpc) is 3.33. The molecule has 5 atom stereocenters. The summed E-state index contributed by atoms with van der Waals surface area (Å²) in [6.07, 6.45) is -0.974. The number of benzene rings is 1. The molecule has 0 radical (unpaired) electrons. The monoisotopic (exact) mass is 479 g/mol. The van der Waals surface area contributed by atoms with Crippen LogP contribution in [0.3, 0.4) is 0 Å². The van der Waals surface area contributed by atoms with Crippen molar-refractivity contribution in [2.75, 3.05) is 19.8 Å². The molecule has 0 spiro atoms. The normalized spacial score (nSPS) is 24.7. The lowest BCUT2D eigenvalue weighted by Gasteiger charge is -2.39. The molecule has 11 heteroatoms. The summed E-state index contributed by atoms with van der Waals surface area (Å²) in [7, 11) is 0. The van der Waals surface area contributed by atoms with Crippen molar-refractivity contribution in [3.8, 4) is 17.0 Å². The number of rotatable bonds is 12. The van der Waals surface area contributed by atoms with Gasteiger partial charge in [-0.05, 0) is 31.9 Å². The molecule has 188 valence electrons. The van der Waals surface area contributed by atoms with Crippen LogP contribution in [0.1, 0.15) is 45.3 Å². The van der Waals surface area contributed by atoms with Gasteiger partial charge in [-0.2, -0.15) is 0 Å². The van der Waals surface area contributed by atoms with E-state index in [4.69, 9.17) is 14.2 Å². The van der Waals surface area contributed by atoms with Crippen LogP contribution in [0.15, 0.2) is 30.5 Å². The summed E-state index contributed by atoms with van der Waals surface area (Å²) in [5.74, 6) is 0.519. The second kappa shape index (κ2) is 12.8. The fourth-order valence-electron chi connectivity index (χ4n) is 3.73. The van der Waals surface area contributed by atoms with Gasteiger partial charge in [-0.1, -0.05) is 30.2 Å². The Hall–Kier alpha value is -2.57. The summed E-state index contributed by atoms with van der Waals surface area (Å²) in [4.78, 5) is 11.3. The van der Waals surface area contributed by atoms with Gasteiger partial charge in [0.15, 0.2) is 6.23 Å². The molecule has 1 saturated heterocycles. The highest BCUT2D eigenvalue weighted by molar-refractivity contribution is 5.69. The van der Waals surface area contributed by atoms with Gasteiger partial charge in [0.25, 0.3) is 0 Å². The molecule has 11 nitrogen and oxygen atoms in total. The lowest BCUT2D eigenvalue weighted by Crippen LogP contribution is -2.56. The molecule has 1 aromatic heterocycles. The minimum atomic E-state index is -1.49. The first-order valence-corrected chi connectivity index (χ1v) is 11.6. The number of ether oxygens (including phenoxy) is 3. The number of carbonyl (C=O) groups excluding carboxylic acids is 1. The molecule has 1 aliphatic heterocycles. The molecule has 0 aliphatic carbocycles. The molecule has 2 aromatic rings. The zero-order chi connectivity index (χ0) is 24.5. The molecule has 2 heterocycles. The number of esters is 1. The van der Waals surface area contributed by atoms with E-state index in [2.05, 4.69) is 10.3 Å². The van der Waals surface area contributed by atoms with Crippen LogP contribution >= 0.6 is 0 Å². The van der Waals surface area contributed by atoms with Crippen LogP contribution in [0.25, 0.3) is 11.3 Å². The first-order valence-electron chi connectivity index (χ1n) is 11.6. The van der Waals surface area contributed by atoms with Gasteiger partial charge < -0.3 is 34.6 Å². The van der Waals surface area contributed by atoms with Crippen LogP contribution in [0.5, 0.6) is 5.75 Å². The molecule has 0 unspecified atom stereocenters. The van der Waals surface area contributed by atoms with E-state index < -0.39 is 37.3 Å². The SMILES string of the molecule is CCOC(=O)CCCCCCOc1cccc(-c2cn([C@H]3O[C@H](CO)[C@@H](O)[C@H](O)[C@@H]3O)nn2)c1. The summed E-state index contributed by atoms with van der Waals surface area (Å²) in [6.45, 7) is 2.23. The summed E-state index contributed by atoms with van der Waals surface area (Å²) in [6, 6.07) is 7.33. The number of aliphatic hydroxyl groups is 4. The number of aliphatic hydroxyl groups excluding tert-OH is 4. The van der Waals surface area contributed by atoms with Gasteiger partial charge >= 0.3 is 5.97 Å². The van der Waals surface area contributed by atoms with Gasteiger partial charge in [-0.25, -0.2) is 4.68 Å². The van der Waals surface area contributed by atoms with Gasteiger partial charge in [0.05, 0.1) is 26.0 Å². The molecule has 4 N–H and O–H groups in total. The summed E-state index contributed by atoms with van der Waals surface area (Å²) in [5, 5.41) is 47.7. The van der Waals surface area contributed by atoms with E-state index in [0.29, 0.717) is 31.1 Å². The highest BCUT2D eigenvalue weighted by atomic mass is 16.6. The van der Waals surface area contributed by atoms with Crippen molar-refractivity contribution in [3.63, 3.8) is 0 Å². The van der Waals surface area contributed by atoms with Crippen molar-refractivity contribution in [3.05, 3.63) is 30.5 Å². The van der Waals surface area contributed by atoms with Gasteiger partial charge in [-0.3, -0.25) is 4.79 Å². The fourth-order valence-corrected chi connectivity index (χ4v) is 3.73.